The van der Waals surface area contributed by atoms with Crippen LogP contribution in [-0.4, -0.2) is 37.0 Å². The summed E-state index contributed by atoms with van der Waals surface area (Å²) >= 11 is 11.9. The zero-order valence-corrected chi connectivity index (χ0v) is 15.6. The van der Waals surface area contributed by atoms with Crippen LogP contribution in [0.15, 0.2) is 48.5 Å². The molecule has 0 spiro atoms. The molecule has 1 aliphatic heterocycles. The fraction of sp³-hybridized carbons (Fsp3) is 0.250. The average molecular weight is 375 g/mol. The van der Waals surface area contributed by atoms with E-state index in [-0.39, 0.29) is 5.91 Å². The topological polar surface area (TPSA) is 23.6 Å². The third-order valence-corrected chi connectivity index (χ3v) is 5.15. The number of carbonyl (C=O) groups is 1. The van der Waals surface area contributed by atoms with Gasteiger partial charge in [0.15, 0.2) is 0 Å². The van der Waals surface area contributed by atoms with Crippen LogP contribution in [0.2, 0.25) is 10.0 Å². The van der Waals surface area contributed by atoms with E-state index < -0.39 is 0 Å². The molecule has 0 radical (unpaired) electrons. The van der Waals surface area contributed by atoms with Crippen molar-refractivity contribution in [2.24, 2.45) is 0 Å². The molecular formula is C20H20Cl2N2O. The molecule has 2 aromatic carbocycles. The Morgan fingerprint density at radius 2 is 1.72 bits per heavy atom. The minimum absolute atomic E-state index is 0.0236. The number of hydrogen-bond donors (Lipinski definition) is 0. The molecule has 3 rings (SSSR count). The highest BCUT2D eigenvalue weighted by Crippen LogP contribution is 2.23. The molecule has 0 aromatic heterocycles. The third-order valence-electron chi connectivity index (χ3n) is 4.41. The van der Waals surface area contributed by atoms with Gasteiger partial charge in [-0.2, -0.15) is 0 Å². The Labute approximate surface area is 158 Å². The van der Waals surface area contributed by atoms with Crippen LogP contribution in [-0.2, 0) is 4.79 Å². The van der Waals surface area contributed by atoms with Crippen molar-refractivity contribution in [3.63, 3.8) is 0 Å². The molecule has 0 bridgehead atoms. The van der Waals surface area contributed by atoms with Gasteiger partial charge >= 0.3 is 0 Å². The Kier molecular flexibility index (Phi) is 5.67. The lowest BCUT2D eigenvalue weighted by Gasteiger charge is -2.36. The maximum absolute atomic E-state index is 12.4. The second-order valence-corrected chi connectivity index (χ2v) is 6.92. The third kappa shape index (κ3) is 4.36. The van der Waals surface area contributed by atoms with Crippen molar-refractivity contribution in [3.8, 4) is 0 Å². The molecule has 0 saturated carbocycles. The van der Waals surface area contributed by atoms with Crippen molar-refractivity contribution in [2.45, 2.75) is 6.92 Å². The molecule has 3 nitrogen and oxygen atoms in total. The predicted molar refractivity (Wildman–Crippen MR) is 105 cm³/mol. The minimum Gasteiger partial charge on any atom is -0.368 e. The van der Waals surface area contributed by atoms with Gasteiger partial charge in [0.25, 0.3) is 0 Å². The van der Waals surface area contributed by atoms with Gasteiger partial charge in [0.1, 0.15) is 0 Å². The normalized spacial score (nSPS) is 15.0. The zero-order valence-electron chi connectivity index (χ0n) is 14.1. The van der Waals surface area contributed by atoms with E-state index >= 15 is 0 Å². The van der Waals surface area contributed by atoms with Crippen molar-refractivity contribution in [2.75, 3.05) is 31.1 Å². The molecule has 1 fully saturated rings. The summed E-state index contributed by atoms with van der Waals surface area (Å²) in [5.41, 5.74) is 3.38. The summed E-state index contributed by atoms with van der Waals surface area (Å²) in [4.78, 5) is 16.6. The van der Waals surface area contributed by atoms with Gasteiger partial charge in [0, 0.05) is 37.9 Å². The smallest absolute Gasteiger partial charge is 0.246 e. The van der Waals surface area contributed by atoms with E-state index in [4.69, 9.17) is 23.2 Å². The molecule has 5 heteroatoms. The van der Waals surface area contributed by atoms with Crippen LogP contribution in [0.25, 0.3) is 6.08 Å². The number of aryl methyl sites for hydroxylation is 1. The Bertz CT molecular complexity index is 796. The van der Waals surface area contributed by atoms with Crippen molar-refractivity contribution < 1.29 is 4.79 Å². The number of nitrogens with zero attached hydrogens (tertiary/aromatic N) is 2. The molecule has 0 aliphatic carbocycles. The van der Waals surface area contributed by atoms with E-state index in [0.29, 0.717) is 10.0 Å². The van der Waals surface area contributed by atoms with Gasteiger partial charge in [-0.25, -0.2) is 0 Å². The molecule has 1 saturated heterocycles. The van der Waals surface area contributed by atoms with E-state index in [1.165, 1.54) is 11.3 Å². The SMILES string of the molecule is Cc1ccccc1N1CCN(C(=O)/C=C/c2ccc(Cl)c(Cl)c2)CC1. The summed E-state index contributed by atoms with van der Waals surface area (Å²) in [6.07, 6.45) is 3.38. The Morgan fingerprint density at radius 3 is 2.40 bits per heavy atom. The van der Waals surface area contributed by atoms with Crippen molar-refractivity contribution >= 4 is 40.9 Å². The number of halogens is 2. The highest BCUT2D eigenvalue weighted by atomic mass is 35.5. The van der Waals surface area contributed by atoms with Crippen LogP contribution in [0.3, 0.4) is 0 Å². The van der Waals surface area contributed by atoms with E-state index in [0.717, 1.165) is 31.7 Å². The molecule has 0 unspecified atom stereocenters. The molecule has 2 aromatic rings. The second kappa shape index (κ2) is 7.94. The number of rotatable bonds is 3. The van der Waals surface area contributed by atoms with E-state index in [1.807, 2.05) is 17.0 Å². The van der Waals surface area contributed by atoms with Crippen LogP contribution in [0.4, 0.5) is 5.69 Å². The van der Waals surface area contributed by atoms with Crippen molar-refractivity contribution in [3.05, 3.63) is 69.7 Å². The van der Waals surface area contributed by atoms with Gasteiger partial charge in [0.2, 0.25) is 5.91 Å². The highest BCUT2D eigenvalue weighted by molar-refractivity contribution is 6.42. The summed E-state index contributed by atoms with van der Waals surface area (Å²) in [7, 11) is 0. The van der Waals surface area contributed by atoms with Gasteiger partial charge in [0.05, 0.1) is 10.0 Å². The quantitative estimate of drug-likeness (QED) is 0.729. The second-order valence-electron chi connectivity index (χ2n) is 6.11. The first-order chi connectivity index (χ1) is 12.0. The number of benzene rings is 2. The van der Waals surface area contributed by atoms with Gasteiger partial charge in [-0.3, -0.25) is 4.79 Å². The van der Waals surface area contributed by atoms with Crippen molar-refractivity contribution in [1.29, 1.82) is 0 Å². The van der Waals surface area contributed by atoms with Gasteiger partial charge in [-0.15, -0.1) is 0 Å². The number of para-hydroxylation sites is 1. The minimum atomic E-state index is 0.0236. The van der Waals surface area contributed by atoms with Crippen LogP contribution in [0.5, 0.6) is 0 Å². The predicted octanol–water partition coefficient (Wildman–Crippen LogP) is 4.66. The first-order valence-electron chi connectivity index (χ1n) is 8.27. The van der Waals surface area contributed by atoms with Crippen LogP contribution in [0, 0.1) is 6.92 Å². The molecular weight excluding hydrogens is 355 g/mol. The zero-order chi connectivity index (χ0) is 17.8. The fourth-order valence-electron chi connectivity index (χ4n) is 2.97. The van der Waals surface area contributed by atoms with E-state index in [9.17, 15) is 4.79 Å². The number of piperazine rings is 1. The lowest BCUT2D eigenvalue weighted by atomic mass is 10.1. The average Bonchev–Trinajstić information content (AvgIpc) is 2.63. The molecule has 25 heavy (non-hydrogen) atoms. The Balaban J connectivity index is 1.59. The van der Waals surface area contributed by atoms with E-state index in [1.54, 1.807) is 24.3 Å². The van der Waals surface area contributed by atoms with Gasteiger partial charge in [-0.1, -0.05) is 47.5 Å². The van der Waals surface area contributed by atoms with Gasteiger partial charge in [-0.05, 0) is 42.3 Å². The van der Waals surface area contributed by atoms with Crippen molar-refractivity contribution in [1.82, 2.24) is 4.90 Å². The lowest BCUT2D eigenvalue weighted by molar-refractivity contribution is -0.126. The fourth-order valence-corrected chi connectivity index (χ4v) is 3.28. The summed E-state index contributed by atoms with van der Waals surface area (Å²) in [6.45, 7) is 5.25. The Morgan fingerprint density at radius 1 is 1.00 bits per heavy atom. The summed E-state index contributed by atoms with van der Waals surface area (Å²) in [5, 5.41) is 1.00. The number of amides is 1. The summed E-state index contributed by atoms with van der Waals surface area (Å²) in [5.74, 6) is 0.0236. The molecule has 130 valence electrons. The maximum atomic E-state index is 12.4. The molecule has 0 N–H and O–H groups in total. The van der Waals surface area contributed by atoms with Crippen LogP contribution >= 0.6 is 23.2 Å². The molecule has 1 amide bonds. The van der Waals surface area contributed by atoms with Crippen LogP contribution < -0.4 is 4.90 Å². The molecule has 0 atom stereocenters. The monoisotopic (exact) mass is 374 g/mol. The maximum Gasteiger partial charge on any atom is 0.246 e. The number of anilines is 1. The first-order valence-corrected chi connectivity index (χ1v) is 9.03. The van der Waals surface area contributed by atoms with Gasteiger partial charge < -0.3 is 9.80 Å². The van der Waals surface area contributed by atoms with Crippen LogP contribution in [0.1, 0.15) is 11.1 Å². The van der Waals surface area contributed by atoms with E-state index in [2.05, 4.69) is 30.0 Å². The Hall–Kier alpha value is -1.97. The summed E-state index contributed by atoms with van der Waals surface area (Å²) in [6, 6.07) is 13.7. The standard InChI is InChI=1S/C20H20Cl2N2O/c1-15-4-2-3-5-19(15)23-10-12-24(13-11-23)20(25)9-7-16-6-8-17(21)18(22)14-16/h2-9,14H,10-13H2,1H3/b9-7+. The number of hydrogen-bond acceptors (Lipinski definition) is 2. The first kappa shape index (κ1) is 17.8. The number of carbonyl (C=O) groups excluding carboxylic acids is 1. The highest BCUT2D eigenvalue weighted by Gasteiger charge is 2.20. The summed E-state index contributed by atoms with van der Waals surface area (Å²) < 4.78 is 0. The lowest BCUT2D eigenvalue weighted by Crippen LogP contribution is -2.48. The largest absolute Gasteiger partial charge is 0.368 e. The molecule has 1 heterocycles. The molecule has 1 aliphatic rings.